The minimum atomic E-state index is 0.234. The summed E-state index contributed by atoms with van der Waals surface area (Å²) in [6.07, 6.45) is 1.46. The summed E-state index contributed by atoms with van der Waals surface area (Å²) in [5, 5.41) is 11.2. The molecule has 0 spiro atoms. The van der Waals surface area contributed by atoms with E-state index in [1.165, 1.54) is 6.20 Å². The third-order valence-electron chi connectivity index (χ3n) is 2.67. The van der Waals surface area contributed by atoms with Gasteiger partial charge < -0.3 is 9.47 Å². The summed E-state index contributed by atoms with van der Waals surface area (Å²) in [4.78, 5) is 0. The van der Waals surface area contributed by atoms with Crippen LogP contribution in [0.2, 0.25) is 0 Å². The van der Waals surface area contributed by atoms with Crippen molar-refractivity contribution in [3.05, 3.63) is 63.7 Å². The van der Waals surface area contributed by atoms with Crippen LogP contribution in [-0.2, 0) is 0 Å². The third kappa shape index (κ3) is 3.42. The van der Waals surface area contributed by atoms with Gasteiger partial charge in [0.2, 0.25) is 5.75 Å². The number of aromatic nitrogens is 3. The van der Waals surface area contributed by atoms with E-state index < -0.39 is 0 Å². The predicted molar refractivity (Wildman–Crippen MR) is 88.3 cm³/mol. The second-order valence-corrected chi connectivity index (χ2v) is 5.88. The van der Waals surface area contributed by atoms with Crippen molar-refractivity contribution in [2.24, 2.45) is 0 Å². The van der Waals surface area contributed by atoms with Crippen molar-refractivity contribution in [1.29, 1.82) is 0 Å². The molecule has 1 aromatic heterocycles. The molecule has 0 aliphatic carbocycles. The summed E-state index contributed by atoms with van der Waals surface area (Å²) in [6.45, 7) is 0. The standard InChI is InChI=1S/C15H9Br2N3O2/c16-10-5-1-3-7-12(10)21-14-9-18-20-19-15(14)22-13-8-4-2-6-11(13)17/h1-9H. The van der Waals surface area contributed by atoms with E-state index in [1.54, 1.807) is 0 Å². The highest BCUT2D eigenvalue weighted by Gasteiger charge is 2.13. The van der Waals surface area contributed by atoms with Gasteiger partial charge in [0.05, 0.1) is 15.1 Å². The van der Waals surface area contributed by atoms with Crippen LogP contribution in [0.25, 0.3) is 0 Å². The highest BCUT2D eigenvalue weighted by Crippen LogP contribution is 2.36. The molecule has 0 unspecified atom stereocenters. The minimum absolute atomic E-state index is 0.234. The maximum atomic E-state index is 5.80. The van der Waals surface area contributed by atoms with Crippen molar-refractivity contribution in [2.75, 3.05) is 0 Å². The molecule has 0 saturated heterocycles. The first-order valence-electron chi connectivity index (χ1n) is 6.27. The van der Waals surface area contributed by atoms with Gasteiger partial charge in [-0.3, -0.25) is 0 Å². The Balaban J connectivity index is 1.91. The van der Waals surface area contributed by atoms with E-state index in [0.717, 1.165) is 8.95 Å². The second-order valence-electron chi connectivity index (χ2n) is 4.17. The first-order chi connectivity index (χ1) is 10.7. The Bertz CT molecular complexity index is 733. The molecule has 0 aliphatic rings. The smallest absolute Gasteiger partial charge is 0.285 e. The average Bonchev–Trinajstić information content (AvgIpc) is 2.53. The number of ether oxygens (including phenoxy) is 2. The lowest BCUT2D eigenvalue weighted by Gasteiger charge is -2.11. The second kappa shape index (κ2) is 6.85. The summed E-state index contributed by atoms with van der Waals surface area (Å²) in [6, 6.07) is 14.9. The van der Waals surface area contributed by atoms with E-state index in [0.29, 0.717) is 17.2 Å². The molecule has 0 amide bonds. The molecule has 3 rings (SSSR count). The Hall–Kier alpha value is -1.99. The van der Waals surface area contributed by atoms with Crippen LogP contribution in [0.3, 0.4) is 0 Å². The quantitative estimate of drug-likeness (QED) is 0.593. The number of hydrogen-bond acceptors (Lipinski definition) is 5. The van der Waals surface area contributed by atoms with Crippen molar-refractivity contribution in [1.82, 2.24) is 15.4 Å². The maximum absolute atomic E-state index is 5.80. The first-order valence-corrected chi connectivity index (χ1v) is 7.86. The topological polar surface area (TPSA) is 57.1 Å². The number of rotatable bonds is 4. The summed E-state index contributed by atoms with van der Waals surface area (Å²) in [7, 11) is 0. The SMILES string of the molecule is Brc1ccccc1Oc1cnnnc1Oc1ccccc1Br. The molecule has 0 aliphatic heterocycles. The van der Waals surface area contributed by atoms with Crippen molar-refractivity contribution in [3.8, 4) is 23.1 Å². The molecular formula is C15H9Br2N3O2. The van der Waals surface area contributed by atoms with Gasteiger partial charge in [-0.2, -0.15) is 0 Å². The molecule has 0 radical (unpaired) electrons. The summed E-state index contributed by atoms with van der Waals surface area (Å²) in [5.41, 5.74) is 0. The maximum Gasteiger partial charge on any atom is 0.285 e. The van der Waals surface area contributed by atoms with Crippen LogP contribution in [0.5, 0.6) is 23.1 Å². The van der Waals surface area contributed by atoms with Crippen molar-refractivity contribution in [2.45, 2.75) is 0 Å². The van der Waals surface area contributed by atoms with Crippen LogP contribution in [0.15, 0.2) is 63.7 Å². The largest absolute Gasteiger partial charge is 0.449 e. The van der Waals surface area contributed by atoms with Crippen molar-refractivity contribution >= 4 is 31.9 Å². The molecule has 0 fully saturated rings. The minimum Gasteiger partial charge on any atom is -0.449 e. The monoisotopic (exact) mass is 421 g/mol. The lowest BCUT2D eigenvalue weighted by atomic mass is 10.3. The zero-order valence-corrected chi connectivity index (χ0v) is 14.3. The molecule has 110 valence electrons. The molecule has 0 atom stereocenters. The average molecular weight is 423 g/mol. The van der Waals surface area contributed by atoms with E-state index >= 15 is 0 Å². The van der Waals surface area contributed by atoms with Crippen molar-refractivity contribution in [3.63, 3.8) is 0 Å². The fourth-order valence-corrected chi connectivity index (χ4v) is 2.40. The van der Waals surface area contributed by atoms with Gasteiger partial charge in [-0.05, 0) is 61.3 Å². The van der Waals surface area contributed by atoms with Crippen LogP contribution in [-0.4, -0.2) is 15.4 Å². The Kier molecular flexibility index (Phi) is 4.65. The van der Waals surface area contributed by atoms with Gasteiger partial charge in [0, 0.05) is 0 Å². The Labute approximate surface area is 143 Å². The first kappa shape index (κ1) is 14.9. The van der Waals surface area contributed by atoms with Crippen LogP contribution in [0.4, 0.5) is 0 Å². The number of nitrogens with zero attached hydrogens (tertiary/aromatic N) is 3. The van der Waals surface area contributed by atoms with Crippen LogP contribution in [0.1, 0.15) is 0 Å². The zero-order chi connectivity index (χ0) is 15.4. The number of benzene rings is 2. The van der Waals surface area contributed by atoms with E-state index in [4.69, 9.17) is 9.47 Å². The van der Waals surface area contributed by atoms with Crippen molar-refractivity contribution < 1.29 is 9.47 Å². The third-order valence-corrected chi connectivity index (χ3v) is 3.98. The molecule has 0 saturated carbocycles. The lowest BCUT2D eigenvalue weighted by Crippen LogP contribution is -1.97. The highest BCUT2D eigenvalue weighted by atomic mass is 79.9. The molecular weight excluding hydrogens is 414 g/mol. The van der Waals surface area contributed by atoms with E-state index in [-0.39, 0.29) is 5.88 Å². The molecule has 5 nitrogen and oxygen atoms in total. The Morgan fingerprint density at radius 2 is 1.32 bits per heavy atom. The van der Waals surface area contributed by atoms with Gasteiger partial charge in [-0.1, -0.05) is 29.4 Å². The van der Waals surface area contributed by atoms with E-state index in [2.05, 4.69) is 47.3 Å². The summed E-state index contributed by atoms with van der Waals surface area (Å²) in [5.74, 6) is 1.85. The molecule has 3 aromatic rings. The predicted octanol–water partition coefficient (Wildman–Crippen LogP) is 4.98. The van der Waals surface area contributed by atoms with Gasteiger partial charge in [0.25, 0.3) is 5.88 Å². The molecule has 2 aromatic carbocycles. The number of hydrogen-bond donors (Lipinski definition) is 0. The molecule has 1 heterocycles. The van der Waals surface area contributed by atoms with Gasteiger partial charge in [0.1, 0.15) is 11.5 Å². The zero-order valence-electron chi connectivity index (χ0n) is 11.1. The Morgan fingerprint density at radius 3 is 1.95 bits per heavy atom. The number of para-hydroxylation sites is 2. The fraction of sp³-hybridized carbons (Fsp3) is 0. The van der Waals surface area contributed by atoms with Crippen LogP contribution in [0, 0.1) is 0 Å². The van der Waals surface area contributed by atoms with Gasteiger partial charge in [-0.25, -0.2) is 0 Å². The number of halogens is 2. The molecule has 7 heteroatoms. The van der Waals surface area contributed by atoms with Crippen LogP contribution < -0.4 is 9.47 Å². The molecule has 22 heavy (non-hydrogen) atoms. The van der Waals surface area contributed by atoms with E-state index in [1.807, 2.05) is 48.5 Å². The summed E-state index contributed by atoms with van der Waals surface area (Å²) >= 11 is 6.85. The van der Waals surface area contributed by atoms with Gasteiger partial charge in [0.15, 0.2) is 0 Å². The molecule has 0 bridgehead atoms. The fourth-order valence-electron chi connectivity index (χ4n) is 1.67. The van der Waals surface area contributed by atoms with Gasteiger partial charge in [-0.15, -0.1) is 5.10 Å². The molecule has 0 N–H and O–H groups in total. The van der Waals surface area contributed by atoms with Gasteiger partial charge >= 0.3 is 0 Å². The summed E-state index contributed by atoms with van der Waals surface area (Å²) < 4.78 is 13.2. The van der Waals surface area contributed by atoms with E-state index in [9.17, 15) is 0 Å². The van der Waals surface area contributed by atoms with Crippen LogP contribution >= 0.6 is 31.9 Å². The highest BCUT2D eigenvalue weighted by molar-refractivity contribution is 9.10. The lowest BCUT2D eigenvalue weighted by molar-refractivity contribution is 0.390. The normalized spacial score (nSPS) is 10.3. The Morgan fingerprint density at radius 1 is 0.727 bits per heavy atom.